The highest BCUT2D eigenvalue weighted by Crippen LogP contribution is 2.40. The van der Waals surface area contributed by atoms with E-state index in [9.17, 15) is 0 Å². The molecule has 1 aromatic carbocycles. The van der Waals surface area contributed by atoms with Crippen LogP contribution in [0.2, 0.25) is 0 Å². The Balaban J connectivity index is 2.26. The highest BCUT2D eigenvalue weighted by Gasteiger charge is 2.28. The van der Waals surface area contributed by atoms with Crippen molar-refractivity contribution < 1.29 is 9.47 Å². The molecule has 0 aromatic heterocycles. The molecule has 1 aromatic rings. The summed E-state index contributed by atoms with van der Waals surface area (Å²) in [6.07, 6.45) is 6.50. The van der Waals surface area contributed by atoms with E-state index in [1.807, 2.05) is 12.1 Å². The fourth-order valence-corrected chi connectivity index (χ4v) is 3.20. The second kappa shape index (κ2) is 7.53. The molecule has 1 atom stereocenters. The van der Waals surface area contributed by atoms with Crippen LogP contribution < -0.4 is 14.8 Å². The third-order valence-corrected chi connectivity index (χ3v) is 4.26. The van der Waals surface area contributed by atoms with Crippen molar-refractivity contribution in [2.45, 2.75) is 45.1 Å². The van der Waals surface area contributed by atoms with Crippen LogP contribution in [0.3, 0.4) is 0 Å². The molecule has 0 aliphatic heterocycles. The van der Waals surface area contributed by atoms with Gasteiger partial charge in [-0.2, -0.15) is 0 Å². The summed E-state index contributed by atoms with van der Waals surface area (Å²) < 4.78 is 10.9. The summed E-state index contributed by atoms with van der Waals surface area (Å²) in [6.45, 7) is 3.26. The van der Waals surface area contributed by atoms with Crippen molar-refractivity contribution >= 4 is 0 Å². The highest BCUT2D eigenvalue weighted by atomic mass is 16.5. The molecule has 0 amide bonds. The van der Waals surface area contributed by atoms with Crippen molar-refractivity contribution in [3.63, 3.8) is 0 Å². The van der Waals surface area contributed by atoms with Crippen LogP contribution in [0.5, 0.6) is 11.5 Å². The van der Waals surface area contributed by atoms with Gasteiger partial charge in [0.15, 0.2) is 0 Å². The SMILES string of the molecule is CCCNC(c1ccc(OC)cc1OC)C1CCCC1. The van der Waals surface area contributed by atoms with Crippen LogP contribution >= 0.6 is 0 Å². The Morgan fingerprint density at radius 1 is 1.20 bits per heavy atom. The largest absolute Gasteiger partial charge is 0.497 e. The summed E-state index contributed by atoms with van der Waals surface area (Å²) in [4.78, 5) is 0. The van der Waals surface area contributed by atoms with E-state index in [-0.39, 0.29) is 0 Å². The number of methoxy groups -OCH3 is 2. The quantitative estimate of drug-likeness (QED) is 0.819. The minimum atomic E-state index is 0.401. The molecule has 1 aliphatic rings. The Hall–Kier alpha value is -1.22. The normalized spacial score (nSPS) is 17.1. The van der Waals surface area contributed by atoms with Gasteiger partial charge >= 0.3 is 0 Å². The first-order valence-corrected chi connectivity index (χ1v) is 7.75. The van der Waals surface area contributed by atoms with Gasteiger partial charge in [0.25, 0.3) is 0 Å². The molecule has 20 heavy (non-hydrogen) atoms. The molecule has 1 unspecified atom stereocenters. The predicted octanol–water partition coefficient (Wildman–Crippen LogP) is 3.93. The van der Waals surface area contributed by atoms with Gasteiger partial charge in [-0.05, 0) is 37.8 Å². The van der Waals surface area contributed by atoms with E-state index >= 15 is 0 Å². The number of benzene rings is 1. The maximum Gasteiger partial charge on any atom is 0.127 e. The van der Waals surface area contributed by atoms with Crippen LogP contribution in [0.25, 0.3) is 0 Å². The average Bonchev–Trinajstić information content (AvgIpc) is 3.02. The zero-order valence-electron chi connectivity index (χ0n) is 12.9. The zero-order valence-corrected chi connectivity index (χ0v) is 12.9. The first kappa shape index (κ1) is 15.2. The van der Waals surface area contributed by atoms with Gasteiger partial charge in [-0.1, -0.05) is 25.8 Å². The second-order valence-corrected chi connectivity index (χ2v) is 5.58. The maximum atomic E-state index is 5.59. The lowest BCUT2D eigenvalue weighted by molar-refractivity contribution is 0.342. The molecule has 3 heteroatoms. The second-order valence-electron chi connectivity index (χ2n) is 5.58. The molecular weight excluding hydrogens is 250 g/mol. The molecule has 0 heterocycles. The van der Waals surface area contributed by atoms with Crippen molar-refractivity contribution in [3.05, 3.63) is 23.8 Å². The molecule has 1 aliphatic carbocycles. The Morgan fingerprint density at radius 2 is 1.95 bits per heavy atom. The number of hydrogen-bond acceptors (Lipinski definition) is 3. The Labute approximate surface area is 122 Å². The van der Waals surface area contributed by atoms with Gasteiger partial charge in [-0.15, -0.1) is 0 Å². The lowest BCUT2D eigenvalue weighted by Gasteiger charge is -2.27. The van der Waals surface area contributed by atoms with E-state index < -0.39 is 0 Å². The standard InChI is InChI=1S/C17H27NO2/c1-4-11-18-17(13-7-5-6-8-13)15-10-9-14(19-2)12-16(15)20-3/h9-10,12-13,17-18H,4-8,11H2,1-3H3. The molecule has 1 saturated carbocycles. The third-order valence-electron chi connectivity index (χ3n) is 4.26. The molecule has 1 fully saturated rings. The number of hydrogen-bond donors (Lipinski definition) is 1. The molecular formula is C17H27NO2. The third kappa shape index (κ3) is 3.45. The monoisotopic (exact) mass is 277 g/mol. The Kier molecular flexibility index (Phi) is 5.72. The summed E-state index contributed by atoms with van der Waals surface area (Å²) in [5.74, 6) is 2.51. The first-order valence-electron chi connectivity index (χ1n) is 7.75. The van der Waals surface area contributed by atoms with E-state index in [1.165, 1.54) is 31.2 Å². The van der Waals surface area contributed by atoms with E-state index in [1.54, 1.807) is 14.2 Å². The molecule has 112 valence electrons. The molecule has 2 rings (SSSR count). The van der Waals surface area contributed by atoms with Gasteiger partial charge in [0.2, 0.25) is 0 Å². The predicted molar refractivity (Wildman–Crippen MR) is 82.5 cm³/mol. The van der Waals surface area contributed by atoms with Crippen LogP contribution in [-0.2, 0) is 0 Å². The van der Waals surface area contributed by atoms with Crippen LogP contribution in [0.4, 0.5) is 0 Å². The van der Waals surface area contributed by atoms with Gasteiger partial charge in [0, 0.05) is 17.7 Å². The highest BCUT2D eigenvalue weighted by molar-refractivity contribution is 5.42. The summed E-state index contributed by atoms with van der Waals surface area (Å²) in [6, 6.07) is 6.58. The fraction of sp³-hybridized carbons (Fsp3) is 0.647. The van der Waals surface area contributed by atoms with Gasteiger partial charge < -0.3 is 14.8 Å². The van der Waals surface area contributed by atoms with Crippen molar-refractivity contribution in [2.24, 2.45) is 5.92 Å². The van der Waals surface area contributed by atoms with Gasteiger partial charge in [0.05, 0.1) is 14.2 Å². The molecule has 0 bridgehead atoms. The van der Waals surface area contributed by atoms with Gasteiger partial charge in [-0.3, -0.25) is 0 Å². The van der Waals surface area contributed by atoms with Crippen molar-refractivity contribution in [1.29, 1.82) is 0 Å². The van der Waals surface area contributed by atoms with Crippen LogP contribution in [0, 0.1) is 5.92 Å². The van der Waals surface area contributed by atoms with E-state index in [0.717, 1.165) is 30.4 Å². The number of ether oxygens (including phenoxy) is 2. The van der Waals surface area contributed by atoms with Crippen molar-refractivity contribution in [2.75, 3.05) is 20.8 Å². The minimum absolute atomic E-state index is 0.401. The molecule has 1 N–H and O–H groups in total. The fourth-order valence-electron chi connectivity index (χ4n) is 3.20. The van der Waals surface area contributed by atoms with Crippen molar-refractivity contribution in [1.82, 2.24) is 5.32 Å². The summed E-state index contributed by atoms with van der Waals surface area (Å²) in [5.41, 5.74) is 1.27. The van der Waals surface area contributed by atoms with Crippen molar-refractivity contribution in [3.8, 4) is 11.5 Å². The van der Waals surface area contributed by atoms with Crippen LogP contribution in [0.1, 0.15) is 50.6 Å². The van der Waals surface area contributed by atoms with Gasteiger partial charge in [0.1, 0.15) is 11.5 Å². The van der Waals surface area contributed by atoms with E-state index in [0.29, 0.717) is 6.04 Å². The van der Waals surface area contributed by atoms with Crippen LogP contribution in [-0.4, -0.2) is 20.8 Å². The zero-order chi connectivity index (χ0) is 14.4. The van der Waals surface area contributed by atoms with E-state index in [2.05, 4.69) is 18.3 Å². The number of nitrogens with one attached hydrogen (secondary N) is 1. The Bertz CT molecular complexity index is 413. The minimum Gasteiger partial charge on any atom is -0.497 e. The van der Waals surface area contributed by atoms with E-state index in [4.69, 9.17) is 9.47 Å². The summed E-state index contributed by atoms with van der Waals surface area (Å²) >= 11 is 0. The smallest absolute Gasteiger partial charge is 0.127 e. The van der Waals surface area contributed by atoms with Crippen LogP contribution in [0.15, 0.2) is 18.2 Å². The molecule has 0 spiro atoms. The molecule has 3 nitrogen and oxygen atoms in total. The first-order chi connectivity index (χ1) is 9.80. The summed E-state index contributed by atoms with van der Waals surface area (Å²) in [7, 11) is 3.43. The topological polar surface area (TPSA) is 30.5 Å². The number of rotatable bonds is 7. The Morgan fingerprint density at radius 3 is 2.55 bits per heavy atom. The lowest BCUT2D eigenvalue weighted by atomic mass is 9.90. The van der Waals surface area contributed by atoms with Gasteiger partial charge in [-0.25, -0.2) is 0 Å². The molecule has 0 saturated heterocycles. The maximum absolute atomic E-state index is 5.59. The summed E-state index contributed by atoms with van der Waals surface area (Å²) in [5, 5.41) is 3.72. The average molecular weight is 277 g/mol. The lowest BCUT2D eigenvalue weighted by Crippen LogP contribution is -2.28. The molecule has 0 radical (unpaired) electrons.